The van der Waals surface area contributed by atoms with Crippen molar-refractivity contribution in [2.75, 3.05) is 5.32 Å². The van der Waals surface area contributed by atoms with Crippen molar-refractivity contribution < 1.29 is 9.18 Å². The number of nitrogens with two attached hydrogens (primary N) is 1. The van der Waals surface area contributed by atoms with Gasteiger partial charge in [-0.15, -0.1) is 0 Å². The van der Waals surface area contributed by atoms with Gasteiger partial charge in [0.2, 0.25) is 5.91 Å². The van der Waals surface area contributed by atoms with Crippen molar-refractivity contribution in [1.29, 1.82) is 0 Å². The van der Waals surface area contributed by atoms with Crippen molar-refractivity contribution >= 4 is 27.5 Å². The SMILES string of the molecule is NC(CC(=O)Nc1cc(Br)ccc1F)c1ccccc1. The molecule has 0 saturated carbocycles. The molecule has 104 valence electrons. The van der Waals surface area contributed by atoms with Crippen LogP contribution in [-0.2, 0) is 4.79 Å². The molecule has 0 aliphatic rings. The first-order valence-corrected chi connectivity index (χ1v) is 6.91. The molecule has 5 heteroatoms. The van der Waals surface area contributed by atoms with Crippen LogP contribution < -0.4 is 11.1 Å². The zero-order valence-corrected chi connectivity index (χ0v) is 12.2. The Kier molecular flexibility index (Phi) is 4.87. The molecule has 2 rings (SSSR count). The van der Waals surface area contributed by atoms with Gasteiger partial charge in [0, 0.05) is 16.9 Å². The van der Waals surface area contributed by atoms with Gasteiger partial charge >= 0.3 is 0 Å². The minimum atomic E-state index is -0.477. The van der Waals surface area contributed by atoms with Gasteiger partial charge < -0.3 is 11.1 Å². The summed E-state index contributed by atoms with van der Waals surface area (Å²) in [6.07, 6.45) is 0.0932. The quantitative estimate of drug-likeness (QED) is 0.895. The Hall–Kier alpha value is -1.72. The Labute approximate surface area is 125 Å². The van der Waals surface area contributed by atoms with E-state index in [2.05, 4.69) is 21.2 Å². The van der Waals surface area contributed by atoms with Gasteiger partial charge in [-0.1, -0.05) is 46.3 Å². The molecular weight excluding hydrogens is 323 g/mol. The molecule has 2 aromatic rings. The highest BCUT2D eigenvalue weighted by Gasteiger charge is 2.13. The zero-order chi connectivity index (χ0) is 14.5. The van der Waals surface area contributed by atoms with Gasteiger partial charge in [-0.2, -0.15) is 0 Å². The number of anilines is 1. The first-order valence-electron chi connectivity index (χ1n) is 6.11. The summed E-state index contributed by atoms with van der Waals surface area (Å²) in [5.41, 5.74) is 6.97. The van der Waals surface area contributed by atoms with Gasteiger partial charge in [0.05, 0.1) is 5.69 Å². The van der Waals surface area contributed by atoms with E-state index in [-0.39, 0.29) is 18.0 Å². The van der Waals surface area contributed by atoms with Crippen molar-refractivity contribution in [2.45, 2.75) is 12.5 Å². The van der Waals surface area contributed by atoms with Crippen LogP contribution in [0.5, 0.6) is 0 Å². The van der Waals surface area contributed by atoms with E-state index in [1.807, 2.05) is 30.3 Å². The van der Waals surface area contributed by atoms with Crippen molar-refractivity contribution in [3.63, 3.8) is 0 Å². The van der Waals surface area contributed by atoms with E-state index in [0.29, 0.717) is 4.47 Å². The molecule has 0 spiro atoms. The number of benzene rings is 2. The number of carbonyl (C=O) groups excluding carboxylic acids is 1. The molecule has 0 aromatic heterocycles. The molecule has 0 fully saturated rings. The molecule has 1 atom stereocenters. The van der Waals surface area contributed by atoms with Crippen molar-refractivity contribution in [1.82, 2.24) is 0 Å². The van der Waals surface area contributed by atoms with Crippen LogP contribution in [0, 0.1) is 5.82 Å². The predicted molar refractivity (Wildman–Crippen MR) is 80.7 cm³/mol. The largest absolute Gasteiger partial charge is 0.324 e. The third kappa shape index (κ3) is 3.88. The molecular formula is C15H14BrFN2O. The van der Waals surface area contributed by atoms with Crippen molar-refractivity contribution in [3.05, 3.63) is 64.4 Å². The van der Waals surface area contributed by atoms with Gasteiger partial charge in [0.1, 0.15) is 5.82 Å². The molecule has 0 saturated heterocycles. The summed E-state index contributed by atoms with van der Waals surface area (Å²) in [6, 6.07) is 13.3. The fourth-order valence-corrected chi connectivity index (χ4v) is 2.17. The van der Waals surface area contributed by atoms with E-state index in [4.69, 9.17) is 5.73 Å². The lowest BCUT2D eigenvalue weighted by Gasteiger charge is -2.12. The lowest BCUT2D eigenvalue weighted by Crippen LogP contribution is -2.21. The average molecular weight is 337 g/mol. The van der Waals surface area contributed by atoms with E-state index in [0.717, 1.165) is 5.56 Å². The third-order valence-corrected chi connectivity index (χ3v) is 3.33. The van der Waals surface area contributed by atoms with Crippen molar-refractivity contribution in [3.8, 4) is 0 Å². The highest BCUT2D eigenvalue weighted by molar-refractivity contribution is 9.10. The molecule has 0 bridgehead atoms. The fourth-order valence-electron chi connectivity index (χ4n) is 1.81. The summed E-state index contributed by atoms with van der Waals surface area (Å²) in [7, 11) is 0. The Bertz CT molecular complexity index is 604. The van der Waals surface area contributed by atoms with E-state index < -0.39 is 11.9 Å². The molecule has 0 heterocycles. The van der Waals surface area contributed by atoms with E-state index in [9.17, 15) is 9.18 Å². The Morgan fingerprint density at radius 3 is 2.65 bits per heavy atom. The van der Waals surface area contributed by atoms with Gasteiger partial charge in [0.15, 0.2) is 0 Å². The second-order valence-electron chi connectivity index (χ2n) is 4.39. The van der Waals surface area contributed by atoms with Gasteiger partial charge in [-0.05, 0) is 23.8 Å². The normalized spacial score (nSPS) is 11.9. The minimum absolute atomic E-state index is 0.0932. The molecule has 0 aliphatic carbocycles. The lowest BCUT2D eigenvalue weighted by atomic mass is 10.0. The van der Waals surface area contributed by atoms with Crippen LogP contribution in [0.25, 0.3) is 0 Å². The molecule has 0 aliphatic heterocycles. The average Bonchev–Trinajstić information content (AvgIpc) is 2.43. The third-order valence-electron chi connectivity index (χ3n) is 2.84. The number of amides is 1. The summed E-state index contributed by atoms with van der Waals surface area (Å²) < 4.78 is 14.2. The molecule has 20 heavy (non-hydrogen) atoms. The van der Waals surface area contributed by atoms with Gasteiger partial charge in [-0.25, -0.2) is 4.39 Å². The van der Waals surface area contributed by atoms with E-state index in [1.165, 1.54) is 12.1 Å². The van der Waals surface area contributed by atoms with Gasteiger partial charge in [-0.3, -0.25) is 4.79 Å². The topological polar surface area (TPSA) is 55.1 Å². The molecule has 2 aromatic carbocycles. The summed E-state index contributed by atoms with van der Waals surface area (Å²) >= 11 is 3.23. The number of carbonyl (C=O) groups is 1. The molecule has 1 amide bonds. The smallest absolute Gasteiger partial charge is 0.226 e. The Morgan fingerprint density at radius 2 is 1.95 bits per heavy atom. The minimum Gasteiger partial charge on any atom is -0.324 e. The summed E-state index contributed by atoms with van der Waals surface area (Å²) in [5.74, 6) is -0.798. The first kappa shape index (κ1) is 14.7. The van der Waals surface area contributed by atoms with Crippen LogP contribution in [0.3, 0.4) is 0 Å². The maximum absolute atomic E-state index is 13.5. The number of rotatable bonds is 4. The van der Waals surface area contributed by atoms with Crippen LogP contribution in [0.1, 0.15) is 18.0 Å². The number of halogens is 2. The molecule has 1 unspecified atom stereocenters. The van der Waals surface area contributed by atoms with Gasteiger partial charge in [0.25, 0.3) is 0 Å². The fraction of sp³-hybridized carbons (Fsp3) is 0.133. The van der Waals surface area contributed by atoms with Crippen LogP contribution in [-0.4, -0.2) is 5.91 Å². The molecule has 3 N–H and O–H groups in total. The highest BCUT2D eigenvalue weighted by atomic mass is 79.9. The maximum Gasteiger partial charge on any atom is 0.226 e. The second kappa shape index (κ2) is 6.63. The summed E-state index contributed by atoms with van der Waals surface area (Å²) in [5, 5.41) is 2.53. The van der Waals surface area contributed by atoms with Crippen LogP contribution in [0.4, 0.5) is 10.1 Å². The number of nitrogens with one attached hydrogen (secondary N) is 1. The van der Waals surface area contributed by atoms with Crippen LogP contribution in [0.2, 0.25) is 0 Å². The summed E-state index contributed by atoms with van der Waals surface area (Å²) in [6.45, 7) is 0. The second-order valence-corrected chi connectivity index (χ2v) is 5.31. The number of hydrogen-bond acceptors (Lipinski definition) is 2. The molecule has 0 radical (unpaired) electrons. The Balaban J connectivity index is 2.01. The monoisotopic (exact) mass is 336 g/mol. The predicted octanol–water partition coefficient (Wildman–Crippen LogP) is 3.62. The van der Waals surface area contributed by atoms with E-state index >= 15 is 0 Å². The standard InChI is InChI=1S/C15H14BrFN2O/c16-11-6-7-12(17)14(8-11)19-15(20)9-13(18)10-4-2-1-3-5-10/h1-8,13H,9,18H2,(H,19,20). The number of hydrogen-bond donors (Lipinski definition) is 2. The zero-order valence-electron chi connectivity index (χ0n) is 10.6. The lowest BCUT2D eigenvalue weighted by molar-refractivity contribution is -0.116. The highest BCUT2D eigenvalue weighted by Crippen LogP contribution is 2.21. The van der Waals surface area contributed by atoms with Crippen molar-refractivity contribution in [2.24, 2.45) is 5.73 Å². The van der Waals surface area contributed by atoms with Crippen LogP contribution in [0.15, 0.2) is 53.0 Å². The van der Waals surface area contributed by atoms with E-state index in [1.54, 1.807) is 6.07 Å². The van der Waals surface area contributed by atoms with Crippen LogP contribution >= 0.6 is 15.9 Å². The first-order chi connectivity index (χ1) is 9.56. The summed E-state index contributed by atoms with van der Waals surface area (Å²) in [4.78, 5) is 11.9. The Morgan fingerprint density at radius 1 is 1.25 bits per heavy atom. The maximum atomic E-state index is 13.5. The molecule has 3 nitrogen and oxygen atoms in total.